The van der Waals surface area contributed by atoms with Gasteiger partial charge in [-0.15, -0.1) is 0 Å². The van der Waals surface area contributed by atoms with Crippen molar-refractivity contribution >= 4 is 22.9 Å². The van der Waals surface area contributed by atoms with Gasteiger partial charge < -0.3 is 23.8 Å². The van der Waals surface area contributed by atoms with Gasteiger partial charge in [0, 0.05) is 18.7 Å². The Balaban J connectivity index is 1.87. The first-order valence-electron chi connectivity index (χ1n) is 8.71. The van der Waals surface area contributed by atoms with Gasteiger partial charge in [-0.05, 0) is 31.2 Å². The van der Waals surface area contributed by atoms with Gasteiger partial charge in [0.2, 0.25) is 5.91 Å². The molecule has 1 aromatic carbocycles. The highest BCUT2D eigenvalue weighted by Gasteiger charge is 2.14. The van der Waals surface area contributed by atoms with Crippen LogP contribution < -0.4 is 15.0 Å². The molecular weight excluding hydrogens is 362 g/mol. The second kappa shape index (κ2) is 8.43. The summed E-state index contributed by atoms with van der Waals surface area (Å²) >= 11 is 0. The second-order valence-electron chi connectivity index (χ2n) is 5.94. The Morgan fingerprint density at radius 3 is 2.68 bits per heavy atom. The number of fused-ring (bicyclic) bond motifs is 1. The Hall–Kier alpha value is -3.55. The third-order valence-corrected chi connectivity index (χ3v) is 4.23. The van der Waals surface area contributed by atoms with Gasteiger partial charge in [-0.1, -0.05) is 0 Å². The van der Waals surface area contributed by atoms with Gasteiger partial charge in [-0.3, -0.25) is 9.59 Å². The molecule has 0 atom stereocenters. The molecule has 0 fully saturated rings. The molecule has 0 bridgehead atoms. The van der Waals surface area contributed by atoms with Crippen LogP contribution in [0.5, 0.6) is 11.5 Å². The molecule has 1 amide bonds. The van der Waals surface area contributed by atoms with Crippen molar-refractivity contribution in [2.75, 3.05) is 20.8 Å². The standard InChI is InChI=1S/C20H21N3O5/c1-4-23(19(24)8-7-13-6-5-9-28-13)12-18-21-15-11-17(27-3)16(26-2)10-14(15)20(25)22-18/h5-11H,4,12H2,1-3H3,(H,21,22,25)/b8-7+. The van der Waals surface area contributed by atoms with Crippen LogP contribution in [-0.2, 0) is 11.3 Å². The van der Waals surface area contributed by atoms with Crippen molar-refractivity contribution in [1.82, 2.24) is 14.9 Å². The third-order valence-electron chi connectivity index (χ3n) is 4.23. The minimum Gasteiger partial charge on any atom is -0.493 e. The van der Waals surface area contributed by atoms with Gasteiger partial charge in [-0.2, -0.15) is 0 Å². The number of furan rings is 1. The lowest BCUT2D eigenvalue weighted by atomic mass is 10.2. The molecule has 0 saturated carbocycles. The van der Waals surface area contributed by atoms with Crippen molar-refractivity contribution in [3.8, 4) is 11.5 Å². The number of nitrogens with one attached hydrogen (secondary N) is 1. The average molecular weight is 383 g/mol. The molecule has 8 heteroatoms. The van der Waals surface area contributed by atoms with E-state index in [4.69, 9.17) is 13.9 Å². The molecule has 1 N–H and O–H groups in total. The molecule has 0 saturated heterocycles. The number of amides is 1. The maximum atomic E-state index is 12.5. The number of rotatable bonds is 7. The third kappa shape index (κ3) is 4.06. The first-order chi connectivity index (χ1) is 13.5. The van der Waals surface area contributed by atoms with E-state index < -0.39 is 0 Å². The molecule has 0 aliphatic rings. The monoisotopic (exact) mass is 383 g/mol. The first-order valence-corrected chi connectivity index (χ1v) is 8.71. The summed E-state index contributed by atoms with van der Waals surface area (Å²) in [6.45, 7) is 2.47. The van der Waals surface area contributed by atoms with Crippen molar-refractivity contribution in [2.45, 2.75) is 13.5 Å². The van der Waals surface area contributed by atoms with Gasteiger partial charge in [-0.25, -0.2) is 4.98 Å². The Morgan fingerprint density at radius 1 is 1.29 bits per heavy atom. The summed E-state index contributed by atoms with van der Waals surface area (Å²) in [4.78, 5) is 33.7. The molecule has 2 heterocycles. The quantitative estimate of drug-likeness (QED) is 0.630. The Morgan fingerprint density at radius 2 is 2.04 bits per heavy atom. The van der Waals surface area contributed by atoms with Crippen molar-refractivity contribution in [3.05, 3.63) is 58.5 Å². The van der Waals surface area contributed by atoms with E-state index in [0.717, 1.165) is 0 Å². The van der Waals surface area contributed by atoms with Crippen LogP contribution >= 0.6 is 0 Å². The number of ether oxygens (including phenoxy) is 2. The molecule has 28 heavy (non-hydrogen) atoms. The summed E-state index contributed by atoms with van der Waals surface area (Å²) in [5.74, 6) is 1.68. The normalized spacial score (nSPS) is 11.1. The highest BCUT2D eigenvalue weighted by Crippen LogP contribution is 2.29. The van der Waals surface area contributed by atoms with Crippen LogP contribution in [0, 0.1) is 0 Å². The van der Waals surface area contributed by atoms with E-state index in [-0.39, 0.29) is 18.0 Å². The van der Waals surface area contributed by atoms with Crippen molar-refractivity contribution in [3.63, 3.8) is 0 Å². The van der Waals surface area contributed by atoms with Crippen molar-refractivity contribution < 1.29 is 18.7 Å². The number of benzene rings is 1. The van der Waals surface area contributed by atoms with Crippen LogP contribution in [0.2, 0.25) is 0 Å². The fraction of sp³-hybridized carbons (Fsp3) is 0.250. The first kappa shape index (κ1) is 19.2. The fourth-order valence-corrected chi connectivity index (χ4v) is 2.76. The zero-order valence-electron chi connectivity index (χ0n) is 15.9. The predicted octanol–water partition coefficient (Wildman–Crippen LogP) is 2.60. The van der Waals surface area contributed by atoms with Gasteiger partial charge in [0.1, 0.15) is 11.6 Å². The Kier molecular flexibility index (Phi) is 5.78. The van der Waals surface area contributed by atoms with Crippen LogP contribution in [0.25, 0.3) is 17.0 Å². The van der Waals surface area contributed by atoms with Gasteiger partial charge >= 0.3 is 0 Å². The highest BCUT2D eigenvalue weighted by atomic mass is 16.5. The van der Waals surface area contributed by atoms with E-state index in [1.54, 1.807) is 35.2 Å². The molecule has 0 aliphatic carbocycles. The van der Waals surface area contributed by atoms with E-state index in [9.17, 15) is 9.59 Å². The molecule has 8 nitrogen and oxygen atoms in total. The molecule has 2 aromatic heterocycles. The lowest BCUT2D eigenvalue weighted by Gasteiger charge is -2.18. The average Bonchev–Trinajstić information content (AvgIpc) is 3.23. The topological polar surface area (TPSA) is 97.7 Å². The molecular formula is C20H21N3O5. The second-order valence-corrected chi connectivity index (χ2v) is 5.94. The summed E-state index contributed by atoms with van der Waals surface area (Å²) in [7, 11) is 3.02. The Labute approximate surface area is 161 Å². The minimum atomic E-state index is -0.310. The van der Waals surface area contributed by atoms with E-state index in [0.29, 0.717) is 40.5 Å². The SMILES string of the molecule is CCN(Cc1nc2cc(OC)c(OC)cc2c(=O)[nH]1)C(=O)/C=C/c1ccco1. The molecule has 0 radical (unpaired) electrons. The maximum absolute atomic E-state index is 12.5. The van der Waals surface area contributed by atoms with Crippen LogP contribution in [0.1, 0.15) is 18.5 Å². The number of likely N-dealkylation sites (N-methyl/N-ethyl adjacent to an activating group) is 1. The van der Waals surface area contributed by atoms with Gasteiger partial charge in [0.05, 0.1) is 37.9 Å². The fourth-order valence-electron chi connectivity index (χ4n) is 2.76. The van der Waals surface area contributed by atoms with Crippen molar-refractivity contribution in [1.29, 1.82) is 0 Å². The van der Waals surface area contributed by atoms with E-state index in [1.807, 2.05) is 6.92 Å². The maximum Gasteiger partial charge on any atom is 0.258 e. The van der Waals surface area contributed by atoms with E-state index >= 15 is 0 Å². The summed E-state index contributed by atoms with van der Waals surface area (Å²) in [6.07, 6.45) is 4.56. The van der Waals surface area contributed by atoms with Crippen LogP contribution in [0.4, 0.5) is 0 Å². The van der Waals surface area contributed by atoms with Gasteiger partial charge in [0.15, 0.2) is 11.5 Å². The zero-order valence-corrected chi connectivity index (χ0v) is 15.9. The molecule has 3 rings (SSSR count). The predicted molar refractivity (Wildman–Crippen MR) is 104 cm³/mol. The molecule has 3 aromatic rings. The number of aromatic nitrogens is 2. The zero-order chi connectivity index (χ0) is 20.1. The summed E-state index contributed by atoms with van der Waals surface area (Å²) in [6, 6.07) is 6.72. The lowest BCUT2D eigenvalue weighted by molar-refractivity contribution is -0.126. The summed E-state index contributed by atoms with van der Waals surface area (Å²) < 4.78 is 15.7. The van der Waals surface area contributed by atoms with Gasteiger partial charge in [0.25, 0.3) is 5.56 Å². The summed E-state index contributed by atoms with van der Waals surface area (Å²) in [5, 5.41) is 0.383. The van der Waals surface area contributed by atoms with Crippen LogP contribution in [0.15, 0.2) is 45.8 Å². The van der Waals surface area contributed by atoms with Crippen LogP contribution in [-0.4, -0.2) is 41.5 Å². The number of methoxy groups -OCH3 is 2. The lowest BCUT2D eigenvalue weighted by Crippen LogP contribution is -2.30. The highest BCUT2D eigenvalue weighted by molar-refractivity contribution is 5.91. The Bertz CT molecular complexity index is 1050. The number of carbonyl (C=O) groups excluding carboxylic acids is 1. The van der Waals surface area contributed by atoms with E-state index in [2.05, 4.69) is 9.97 Å². The number of aromatic amines is 1. The number of H-pyrrole nitrogens is 1. The summed E-state index contributed by atoms with van der Waals surface area (Å²) in [5.41, 5.74) is 0.154. The molecule has 0 spiro atoms. The molecule has 146 valence electrons. The molecule has 0 unspecified atom stereocenters. The number of hydrogen-bond donors (Lipinski definition) is 1. The largest absolute Gasteiger partial charge is 0.493 e. The number of carbonyl (C=O) groups is 1. The van der Waals surface area contributed by atoms with E-state index in [1.165, 1.54) is 26.6 Å². The minimum absolute atomic E-state index is 0.164. The molecule has 0 aliphatic heterocycles. The number of hydrogen-bond acceptors (Lipinski definition) is 6. The smallest absolute Gasteiger partial charge is 0.258 e. The van der Waals surface area contributed by atoms with Crippen LogP contribution in [0.3, 0.4) is 0 Å². The van der Waals surface area contributed by atoms with Crippen molar-refractivity contribution in [2.24, 2.45) is 0 Å². The number of nitrogens with zero attached hydrogens (tertiary/aromatic N) is 2.